The van der Waals surface area contributed by atoms with E-state index in [0.717, 1.165) is 11.7 Å². The summed E-state index contributed by atoms with van der Waals surface area (Å²) in [5.41, 5.74) is 1.45. The van der Waals surface area contributed by atoms with Gasteiger partial charge in [0, 0.05) is 24.3 Å². The predicted octanol–water partition coefficient (Wildman–Crippen LogP) is 3.99. The van der Waals surface area contributed by atoms with Crippen LogP contribution in [0.5, 0.6) is 0 Å². The van der Waals surface area contributed by atoms with E-state index in [0.29, 0.717) is 6.04 Å². The lowest BCUT2D eigenvalue weighted by molar-refractivity contribution is 0.226. The van der Waals surface area contributed by atoms with Gasteiger partial charge in [0.05, 0.1) is 0 Å². The molecular weight excluding hydrogens is 240 g/mol. The standard InChI is InChI=1S/C15H24N2S/c1-4-18-15-13(7-5-9-16-15)14-8-6-10-17(14)11-12(2)3/h5,7,9,12,14H,4,6,8,10-11H2,1-3H3. The van der Waals surface area contributed by atoms with Gasteiger partial charge < -0.3 is 0 Å². The third-order valence-electron chi connectivity index (χ3n) is 3.40. The predicted molar refractivity (Wildman–Crippen MR) is 79.0 cm³/mol. The van der Waals surface area contributed by atoms with E-state index >= 15 is 0 Å². The Kier molecular flexibility index (Phi) is 5.07. The second-order valence-electron chi connectivity index (χ2n) is 5.38. The molecule has 1 fully saturated rings. The lowest BCUT2D eigenvalue weighted by atomic mass is 10.1. The molecule has 0 aromatic carbocycles. The van der Waals surface area contributed by atoms with Crippen molar-refractivity contribution in [2.24, 2.45) is 5.92 Å². The Bertz CT molecular complexity index is 379. The van der Waals surface area contributed by atoms with Crippen LogP contribution < -0.4 is 0 Å². The normalized spacial score (nSPS) is 20.8. The van der Waals surface area contributed by atoms with Crippen LogP contribution in [0.1, 0.15) is 45.2 Å². The van der Waals surface area contributed by atoms with E-state index in [4.69, 9.17) is 0 Å². The van der Waals surface area contributed by atoms with Crippen molar-refractivity contribution in [1.29, 1.82) is 0 Å². The highest BCUT2D eigenvalue weighted by Crippen LogP contribution is 2.36. The fourth-order valence-electron chi connectivity index (χ4n) is 2.78. The van der Waals surface area contributed by atoms with Gasteiger partial charge in [-0.1, -0.05) is 26.8 Å². The van der Waals surface area contributed by atoms with Crippen molar-refractivity contribution >= 4 is 11.8 Å². The average Bonchev–Trinajstić information content (AvgIpc) is 2.77. The molecule has 1 aromatic rings. The largest absolute Gasteiger partial charge is 0.296 e. The molecule has 1 aromatic heterocycles. The molecule has 2 rings (SSSR count). The summed E-state index contributed by atoms with van der Waals surface area (Å²) in [6.07, 6.45) is 4.53. The molecule has 3 heteroatoms. The number of rotatable bonds is 5. The van der Waals surface area contributed by atoms with Crippen LogP contribution in [0, 0.1) is 5.92 Å². The molecule has 2 heterocycles. The maximum atomic E-state index is 4.56. The molecule has 1 aliphatic rings. The zero-order chi connectivity index (χ0) is 13.0. The zero-order valence-electron chi connectivity index (χ0n) is 11.7. The summed E-state index contributed by atoms with van der Waals surface area (Å²) in [5, 5.41) is 1.24. The Morgan fingerprint density at radius 2 is 2.33 bits per heavy atom. The summed E-state index contributed by atoms with van der Waals surface area (Å²) in [4.78, 5) is 7.20. The third kappa shape index (κ3) is 3.27. The zero-order valence-corrected chi connectivity index (χ0v) is 12.5. The lowest BCUT2D eigenvalue weighted by Crippen LogP contribution is -2.27. The molecule has 1 unspecified atom stereocenters. The molecule has 2 nitrogen and oxygen atoms in total. The van der Waals surface area contributed by atoms with E-state index < -0.39 is 0 Å². The number of hydrogen-bond donors (Lipinski definition) is 0. The molecule has 0 N–H and O–H groups in total. The van der Waals surface area contributed by atoms with Crippen LogP contribution in [0.2, 0.25) is 0 Å². The summed E-state index contributed by atoms with van der Waals surface area (Å²) in [6, 6.07) is 4.95. The van der Waals surface area contributed by atoms with E-state index in [2.05, 4.69) is 42.8 Å². The Labute approximate surface area is 115 Å². The Morgan fingerprint density at radius 1 is 1.50 bits per heavy atom. The van der Waals surface area contributed by atoms with Gasteiger partial charge in [-0.3, -0.25) is 4.90 Å². The minimum absolute atomic E-state index is 0.593. The number of nitrogens with zero attached hydrogens (tertiary/aromatic N) is 2. The summed E-state index contributed by atoms with van der Waals surface area (Å²) in [6.45, 7) is 9.26. The molecule has 0 amide bonds. The summed E-state index contributed by atoms with van der Waals surface area (Å²) in [5.74, 6) is 1.84. The summed E-state index contributed by atoms with van der Waals surface area (Å²) < 4.78 is 0. The molecule has 0 aliphatic carbocycles. The van der Waals surface area contributed by atoms with Crippen molar-refractivity contribution in [3.05, 3.63) is 23.9 Å². The maximum absolute atomic E-state index is 4.56. The first-order chi connectivity index (χ1) is 8.72. The van der Waals surface area contributed by atoms with Crippen LogP contribution in [0.3, 0.4) is 0 Å². The van der Waals surface area contributed by atoms with Crippen molar-refractivity contribution in [2.45, 2.75) is 44.7 Å². The molecule has 1 atom stereocenters. The third-order valence-corrected chi connectivity index (χ3v) is 4.31. The van der Waals surface area contributed by atoms with Crippen molar-refractivity contribution in [1.82, 2.24) is 9.88 Å². The number of aromatic nitrogens is 1. The molecule has 18 heavy (non-hydrogen) atoms. The lowest BCUT2D eigenvalue weighted by Gasteiger charge is -2.27. The molecule has 0 bridgehead atoms. The molecule has 0 radical (unpaired) electrons. The monoisotopic (exact) mass is 264 g/mol. The van der Waals surface area contributed by atoms with Crippen LogP contribution in [0.4, 0.5) is 0 Å². The number of thioether (sulfide) groups is 1. The van der Waals surface area contributed by atoms with Gasteiger partial charge >= 0.3 is 0 Å². The minimum Gasteiger partial charge on any atom is -0.296 e. The van der Waals surface area contributed by atoms with Crippen molar-refractivity contribution < 1.29 is 0 Å². The SMILES string of the molecule is CCSc1ncccc1C1CCCN1CC(C)C. The van der Waals surface area contributed by atoms with Gasteiger partial charge in [0.25, 0.3) is 0 Å². The minimum atomic E-state index is 0.593. The maximum Gasteiger partial charge on any atom is 0.101 e. The van der Waals surface area contributed by atoms with Crippen LogP contribution in [0.15, 0.2) is 23.4 Å². The van der Waals surface area contributed by atoms with E-state index in [-0.39, 0.29) is 0 Å². The number of hydrogen-bond acceptors (Lipinski definition) is 3. The highest BCUT2D eigenvalue weighted by atomic mass is 32.2. The van der Waals surface area contributed by atoms with Gasteiger partial charge in [0.2, 0.25) is 0 Å². The van der Waals surface area contributed by atoms with Crippen LogP contribution >= 0.6 is 11.8 Å². The average molecular weight is 264 g/mol. The van der Waals surface area contributed by atoms with E-state index in [1.165, 1.54) is 36.5 Å². The molecular formula is C15H24N2S. The first-order valence-corrected chi connectivity index (χ1v) is 8.02. The quantitative estimate of drug-likeness (QED) is 0.748. The van der Waals surface area contributed by atoms with Crippen molar-refractivity contribution in [3.8, 4) is 0 Å². The van der Waals surface area contributed by atoms with E-state index in [9.17, 15) is 0 Å². The topological polar surface area (TPSA) is 16.1 Å². The second kappa shape index (κ2) is 6.58. The summed E-state index contributed by atoms with van der Waals surface area (Å²) >= 11 is 1.87. The smallest absolute Gasteiger partial charge is 0.101 e. The molecule has 1 aliphatic heterocycles. The van der Waals surface area contributed by atoms with Crippen molar-refractivity contribution in [2.75, 3.05) is 18.8 Å². The Hall–Kier alpha value is -0.540. The Balaban J connectivity index is 2.18. The summed E-state index contributed by atoms with van der Waals surface area (Å²) in [7, 11) is 0. The van der Waals surface area contributed by atoms with Gasteiger partial charge in [0.1, 0.15) is 5.03 Å². The number of likely N-dealkylation sites (tertiary alicyclic amines) is 1. The van der Waals surface area contributed by atoms with Gasteiger partial charge in [-0.05, 0) is 37.1 Å². The highest BCUT2D eigenvalue weighted by molar-refractivity contribution is 7.99. The highest BCUT2D eigenvalue weighted by Gasteiger charge is 2.28. The molecule has 0 spiro atoms. The fourth-order valence-corrected chi connectivity index (χ4v) is 3.56. The van der Waals surface area contributed by atoms with Gasteiger partial charge in [-0.15, -0.1) is 11.8 Å². The second-order valence-corrected chi connectivity index (χ2v) is 6.63. The van der Waals surface area contributed by atoms with E-state index in [1.54, 1.807) is 0 Å². The first-order valence-electron chi connectivity index (χ1n) is 7.04. The van der Waals surface area contributed by atoms with Gasteiger partial charge in [0.15, 0.2) is 0 Å². The molecule has 0 saturated carbocycles. The van der Waals surface area contributed by atoms with Crippen molar-refractivity contribution in [3.63, 3.8) is 0 Å². The Morgan fingerprint density at radius 3 is 3.06 bits per heavy atom. The van der Waals surface area contributed by atoms with Gasteiger partial charge in [-0.2, -0.15) is 0 Å². The van der Waals surface area contributed by atoms with Crippen LogP contribution in [0.25, 0.3) is 0 Å². The molecule has 1 saturated heterocycles. The van der Waals surface area contributed by atoms with Gasteiger partial charge in [-0.25, -0.2) is 4.98 Å². The number of pyridine rings is 1. The van der Waals surface area contributed by atoms with Crippen LogP contribution in [-0.2, 0) is 0 Å². The van der Waals surface area contributed by atoms with Crippen LogP contribution in [-0.4, -0.2) is 28.7 Å². The van der Waals surface area contributed by atoms with E-state index in [1.807, 2.05) is 18.0 Å². The molecule has 100 valence electrons. The fraction of sp³-hybridized carbons (Fsp3) is 0.667. The first kappa shape index (κ1) is 13.9.